The molecule has 4 nitrogen and oxygen atoms in total. The van der Waals surface area contributed by atoms with Crippen molar-refractivity contribution in [2.75, 3.05) is 6.61 Å². The maximum absolute atomic E-state index is 9.27. The van der Waals surface area contributed by atoms with E-state index in [2.05, 4.69) is 5.10 Å². The Morgan fingerprint density at radius 3 is 2.89 bits per heavy atom. The largest absolute Gasteiger partial charge is 0.493 e. The second-order valence-corrected chi connectivity index (χ2v) is 4.34. The van der Waals surface area contributed by atoms with E-state index in [4.69, 9.17) is 4.74 Å². The number of aryl methyl sites for hydroxylation is 2. The van der Waals surface area contributed by atoms with Crippen molar-refractivity contribution in [2.45, 2.75) is 20.0 Å². The van der Waals surface area contributed by atoms with E-state index in [-0.39, 0.29) is 6.61 Å². The second-order valence-electron chi connectivity index (χ2n) is 4.34. The Labute approximate surface area is 107 Å². The van der Waals surface area contributed by atoms with Gasteiger partial charge in [-0.1, -0.05) is 18.2 Å². The summed E-state index contributed by atoms with van der Waals surface area (Å²) in [5.74, 6) is 0.795. The van der Waals surface area contributed by atoms with Crippen molar-refractivity contribution in [1.82, 2.24) is 9.78 Å². The third-order valence-electron chi connectivity index (χ3n) is 2.86. The lowest BCUT2D eigenvalue weighted by Crippen LogP contribution is -2.04. The highest BCUT2D eigenvalue weighted by atomic mass is 16.5. The van der Waals surface area contributed by atoms with Crippen molar-refractivity contribution in [2.24, 2.45) is 7.05 Å². The van der Waals surface area contributed by atoms with Crippen molar-refractivity contribution in [1.29, 1.82) is 0 Å². The number of hydrogen-bond donors (Lipinski definition) is 1. The summed E-state index contributed by atoms with van der Waals surface area (Å²) < 4.78 is 7.55. The van der Waals surface area contributed by atoms with Gasteiger partial charge in [0.15, 0.2) is 0 Å². The van der Waals surface area contributed by atoms with Crippen LogP contribution < -0.4 is 4.74 Å². The molecule has 4 heteroatoms. The average Bonchev–Trinajstić information content (AvgIpc) is 2.77. The van der Waals surface area contributed by atoms with Crippen molar-refractivity contribution >= 4 is 0 Å². The summed E-state index contributed by atoms with van der Waals surface area (Å²) in [6.07, 6.45) is 4.63. The standard InChI is InChI=1S/C14H18N2O2/c1-11-4-3-5-13(10-17)14(11)18-7-6-12-8-15-16(2)9-12/h3-5,8-9,17H,6-7,10H2,1-2H3. The van der Waals surface area contributed by atoms with Gasteiger partial charge in [0.2, 0.25) is 0 Å². The molecule has 2 aromatic rings. The first-order chi connectivity index (χ1) is 8.70. The van der Waals surface area contributed by atoms with Crippen LogP contribution in [0.2, 0.25) is 0 Å². The molecule has 0 unspecified atom stereocenters. The van der Waals surface area contributed by atoms with E-state index in [1.165, 1.54) is 0 Å². The van der Waals surface area contributed by atoms with E-state index in [1.54, 1.807) is 4.68 Å². The smallest absolute Gasteiger partial charge is 0.127 e. The Kier molecular flexibility index (Phi) is 3.99. The van der Waals surface area contributed by atoms with E-state index < -0.39 is 0 Å². The minimum Gasteiger partial charge on any atom is -0.493 e. The molecule has 0 saturated carbocycles. The predicted octanol–water partition coefficient (Wildman–Crippen LogP) is 1.84. The molecular weight excluding hydrogens is 228 g/mol. The van der Waals surface area contributed by atoms with E-state index in [0.29, 0.717) is 6.61 Å². The molecule has 1 heterocycles. The number of aromatic nitrogens is 2. The lowest BCUT2D eigenvalue weighted by Gasteiger charge is -2.12. The van der Waals surface area contributed by atoms with Crippen LogP contribution >= 0.6 is 0 Å². The Morgan fingerprint density at radius 2 is 2.22 bits per heavy atom. The molecule has 0 saturated heterocycles. The number of rotatable bonds is 5. The van der Waals surface area contributed by atoms with E-state index in [9.17, 15) is 5.11 Å². The zero-order valence-electron chi connectivity index (χ0n) is 10.8. The summed E-state index contributed by atoms with van der Waals surface area (Å²) in [5, 5.41) is 13.4. The fourth-order valence-electron chi connectivity index (χ4n) is 1.92. The van der Waals surface area contributed by atoms with Gasteiger partial charge in [0, 0.05) is 25.2 Å². The first-order valence-corrected chi connectivity index (χ1v) is 6.00. The van der Waals surface area contributed by atoms with E-state index >= 15 is 0 Å². The number of benzene rings is 1. The van der Waals surface area contributed by atoms with Gasteiger partial charge in [-0.05, 0) is 18.1 Å². The Morgan fingerprint density at radius 1 is 1.39 bits per heavy atom. The maximum atomic E-state index is 9.27. The number of ether oxygens (including phenoxy) is 1. The fraction of sp³-hybridized carbons (Fsp3) is 0.357. The van der Waals surface area contributed by atoms with Gasteiger partial charge < -0.3 is 9.84 Å². The van der Waals surface area contributed by atoms with Gasteiger partial charge in [0.1, 0.15) is 5.75 Å². The number of aliphatic hydroxyl groups is 1. The SMILES string of the molecule is Cc1cccc(CO)c1OCCc1cnn(C)c1. The minimum absolute atomic E-state index is 0.00387. The first-order valence-electron chi connectivity index (χ1n) is 6.00. The van der Waals surface area contributed by atoms with Gasteiger partial charge in [0.05, 0.1) is 19.4 Å². The highest BCUT2D eigenvalue weighted by molar-refractivity contribution is 5.40. The molecule has 0 amide bonds. The monoisotopic (exact) mass is 246 g/mol. The zero-order valence-corrected chi connectivity index (χ0v) is 10.8. The molecule has 0 aliphatic carbocycles. The summed E-state index contributed by atoms with van der Waals surface area (Å²) in [4.78, 5) is 0. The third kappa shape index (κ3) is 2.90. The molecule has 2 rings (SSSR count). The lowest BCUT2D eigenvalue weighted by atomic mass is 10.1. The Balaban J connectivity index is 1.98. The van der Waals surface area contributed by atoms with Crippen LogP contribution in [0.3, 0.4) is 0 Å². The van der Waals surface area contributed by atoms with Crippen LogP contribution in [0.15, 0.2) is 30.6 Å². The van der Waals surface area contributed by atoms with Gasteiger partial charge >= 0.3 is 0 Å². The maximum Gasteiger partial charge on any atom is 0.127 e. The van der Waals surface area contributed by atoms with Crippen molar-refractivity contribution in [3.05, 3.63) is 47.3 Å². The summed E-state index contributed by atoms with van der Waals surface area (Å²) in [7, 11) is 1.90. The van der Waals surface area contributed by atoms with Crippen molar-refractivity contribution in [3.63, 3.8) is 0 Å². The number of para-hydroxylation sites is 1. The molecule has 1 aromatic heterocycles. The molecule has 1 aromatic carbocycles. The molecule has 1 N–H and O–H groups in total. The summed E-state index contributed by atoms with van der Waals surface area (Å²) in [6.45, 7) is 2.58. The minimum atomic E-state index is 0.00387. The topological polar surface area (TPSA) is 47.3 Å². The molecule has 96 valence electrons. The highest BCUT2D eigenvalue weighted by Gasteiger charge is 2.06. The molecule has 18 heavy (non-hydrogen) atoms. The van der Waals surface area contributed by atoms with E-state index in [1.807, 2.05) is 44.6 Å². The fourth-order valence-corrected chi connectivity index (χ4v) is 1.92. The van der Waals surface area contributed by atoms with Crippen molar-refractivity contribution in [3.8, 4) is 5.75 Å². The van der Waals surface area contributed by atoms with Crippen LogP contribution in [-0.4, -0.2) is 21.5 Å². The normalized spacial score (nSPS) is 10.6. The van der Waals surface area contributed by atoms with Gasteiger partial charge in [-0.2, -0.15) is 5.10 Å². The molecule has 0 aliphatic heterocycles. The van der Waals surface area contributed by atoms with Crippen LogP contribution in [0.25, 0.3) is 0 Å². The molecule has 0 spiro atoms. The summed E-state index contributed by atoms with van der Waals surface area (Å²) >= 11 is 0. The molecule has 0 atom stereocenters. The second kappa shape index (κ2) is 5.69. The first kappa shape index (κ1) is 12.6. The predicted molar refractivity (Wildman–Crippen MR) is 69.5 cm³/mol. The molecule has 0 bridgehead atoms. The molecule has 0 radical (unpaired) electrons. The molecule has 0 aliphatic rings. The molecule has 0 fully saturated rings. The highest BCUT2D eigenvalue weighted by Crippen LogP contribution is 2.23. The van der Waals surface area contributed by atoms with E-state index in [0.717, 1.165) is 28.9 Å². The van der Waals surface area contributed by atoms with Crippen LogP contribution in [0, 0.1) is 6.92 Å². The van der Waals surface area contributed by atoms with Crippen LogP contribution in [0.5, 0.6) is 5.75 Å². The summed E-state index contributed by atoms with van der Waals surface area (Å²) in [6, 6.07) is 5.79. The zero-order chi connectivity index (χ0) is 13.0. The molecular formula is C14H18N2O2. The van der Waals surface area contributed by atoms with Gasteiger partial charge in [-0.3, -0.25) is 4.68 Å². The van der Waals surface area contributed by atoms with Gasteiger partial charge in [-0.25, -0.2) is 0 Å². The van der Waals surface area contributed by atoms with Crippen LogP contribution in [0.4, 0.5) is 0 Å². The van der Waals surface area contributed by atoms with Crippen LogP contribution in [-0.2, 0) is 20.1 Å². The third-order valence-corrected chi connectivity index (χ3v) is 2.86. The van der Waals surface area contributed by atoms with Crippen molar-refractivity contribution < 1.29 is 9.84 Å². The number of aliphatic hydroxyl groups excluding tert-OH is 1. The summed E-state index contributed by atoms with van der Waals surface area (Å²) in [5.41, 5.74) is 3.03. The average molecular weight is 246 g/mol. The quantitative estimate of drug-likeness (QED) is 0.875. The lowest BCUT2D eigenvalue weighted by molar-refractivity contribution is 0.263. The number of nitrogens with zero attached hydrogens (tertiary/aromatic N) is 2. The van der Waals surface area contributed by atoms with Crippen LogP contribution in [0.1, 0.15) is 16.7 Å². The van der Waals surface area contributed by atoms with Gasteiger partial charge in [0.25, 0.3) is 0 Å². The Hall–Kier alpha value is -1.81. The Bertz CT molecular complexity index is 520. The number of hydrogen-bond acceptors (Lipinski definition) is 3. The van der Waals surface area contributed by atoms with Gasteiger partial charge in [-0.15, -0.1) is 0 Å².